The topological polar surface area (TPSA) is 96.1 Å². The van der Waals surface area contributed by atoms with Crippen molar-refractivity contribution in [2.24, 2.45) is 11.8 Å². The third-order valence-electron chi connectivity index (χ3n) is 12.0. The zero-order valence-corrected chi connectivity index (χ0v) is 31.6. The van der Waals surface area contributed by atoms with E-state index in [1.165, 1.54) is 11.5 Å². The monoisotopic (exact) mass is 756 g/mol. The van der Waals surface area contributed by atoms with Gasteiger partial charge in [0.2, 0.25) is 5.91 Å². The Morgan fingerprint density at radius 2 is 2.02 bits per heavy atom. The highest BCUT2D eigenvalue weighted by atomic mass is 35.5. The van der Waals surface area contributed by atoms with Crippen LogP contribution in [0.25, 0.3) is 32.9 Å². The van der Waals surface area contributed by atoms with Crippen molar-refractivity contribution in [3.05, 3.63) is 79.8 Å². The second kappa shape index (κ2) is 13.1. The molecule has 8 nitrogen and oxygen atoms in total. The smallest absolute Gasteiger partial charge is 0.226 e. The number of nitrogens with zero attached hydrogens (tertiary/aromatic N) is 5. The third kappa shape index (κ3) is 5.38. The molecule has 3 saturated heterocycles. The van der Waals surface area contributed by atoms with Crippen LogP contribution in [0.15, 0.2) is 35.7 Å². The number of carbonyl (C=O) groups excluding carboxylic acids is 1. The van der Waals surface area contributed by atoms with Crippen LogP contribution < -0.4 is 5.32 Å². The summed E-state index contributed by atoms with van der Waals surface area (Å²) in [5.41, 5.74) is 6.48. The van der Waals surface area contributed by atoms with E-state index in [2.05, 4.69) is 38.2 Å². The van der Waals surface area contributed by atoms with Gasteiger partial charge in [0, 0.05) is 70.0 Å². The van der Waals surface area contributed by atoms with Crippen LogP contribution >= 0.6 is 34.7 Å². The lowest BCUT2D eigenvalue weighted by Gasteiger charge is -2.39. The van der Waals surface area contributed by atoms with Crippen LogP contribution in [0.5, 0.6) is 0 Å². The van der Waals surface area contributed by atoms with Crippen molar-refractivity contribution in [1.29, 1.82) is 5.26 Å². The highest BCUT2D eigenvalue weighted by Crippen LogP contribution is 2.52. The Morgan fingerprint density at radius 3 is 2.71 bits per heavy atom. The van der Waals surface area contributed by atoms with Crippen LogP contribution in [0.4, 0.5) is 4.39 Å². The van der Waals surface area contributed by atoms with Gasteiger partial charge in [-0.25, -0.2) is 9.37 Å². The molecule has 2 aliphatic carbocycles. The Kier molecular flexibility index (Phi) is 8.59. The summed E-state index contributed by atoms with van der Waals surface area (Å²) in [6.07, 6.45) is 3.93. The van der Waals surface area contributed by atoms with Crippen LogP contribution in [0.3, 0.4) is 0 Å². The van der Waals surface area contributed by atoms with Crippen molar-refractivity contribution in [1.82, 2.24) is 24.1 Å². The third-order valence-corrected chi connectivity index (χ3v) is 13.6. The van der Waals surface area contributed by atoms with E-state index in [0.29, 0.717) is 58.2 Å². The zero-order chi connectivity index (χ0) is 36.0. The number of aryl methyl sites for hydroxylation is 3. The number of nitrogens with one attached hydrogen (secondary N) is 1. The summed E-state index contributed by atoms with van der Waals surface area (Å²) in [6, 6.07) is 11.7. The van der Waals surface area contributed by atoms with Crippen molar-refractivity contribution >= 4 is 62.4 Å². The lowest BCUT2D eigenvalue weighted by Crippen LogP contribution is -2.43. The van der Waals surface area contributed by atoms with Crippen LogP contribution in [0.2, 0.25) is 10.0 Å². The maximum absolute atomic E-state index is 17.2. The lowest BCUT2D eigenvalue weighted by molar-refractivity contribution is -0.136. The molecule has 6 atom stereocenters. The summed E-state index contributed by atoms with van der Waals surface area (Å²) >= 11 is 14.6. The molecule has 6 unspecified atom stereocenters. The SMILES string of the molecule is Cc1csnc1COC1CC(c2cc3c(C)nc4c(F)c(-c5cccc(Cl)c5Cl)c(CCC#N)cc4c3n2C2C3CNC2C3)N(C(=O)C2CC2)C1C. The summed E-state index contributed by atoms with van der Waals surface area (Å²) < 4.78 is 30.8. The minimum atomic E-state index is -0.477. The van der Waals surface area contributed by atoms with E-state index in [9.17, 15) is 10.1 Å². The summed E-state index contributed by atoms with van der Waals surface area (Å²) in [5, 5.41) is 17.6. The number of carbonyl (C=O) groups is 1. The van der Waals surface area contributed by atoms with E-state index in [1.807, 2.05) is 25.3 Å². The molecule has 1 N–H and O–H groups in total. The van der Waals surface area contributed by atoms with E-state index in [4.69, 9.17) is 32.9 Å². The van der Waals surface area contributed by atoms with Gasteiger partial charge in [0.1, 0.15) is 5.52 Å². The zero-order valence-electron chi connectivity index (χ0n) is 29.3. The van der Waals surface area contributed by atoms with Crippen molar-refractivity contribution in [3.63, 3.8) is 0 Å². The van der Waals surface area contributed by atoms with E-state index >= 15 is 4.39 Å². The second-order valence-electron chi connectivity index (χ2n) is 15.1. The Bertz CT molecular complexity index is 2300. The predicted octanol–water partition coefficient (Wildman–Crippen LogP) is 9.02. The molecule has 10 rings (SSSR count). The number of benzene rings is 2. The fraction of sp³-hybridized carbons (Fsp3) is 0.450. The van der Waals surface area contributed by atoms with Gasteiger partial charge in [0.25, 0.3) is 0 Å². The number of rotatable bonds is 9. The maximum Gasteiger partial charge on any atom is 0.226 e. The number of hydrogen-bond donors (Lipinski definition) is 1. The number of halogens is 3. The van der Waals surface area contributed by atoms with Gasteiger partial charge in [-0.15, -0.1) is 0 Å². The van der Waals surface area contributed by atoms with Crippen molar-refractivity contribution in [2.75, 3.05) is 6.54 Å². The fourth-order valence-electron chi connectivity index (χ4n) is 9.09. The standard InChI is InChI=1S/C40H39Cl2FN6O2S/c1-19-18-52-47-30(19)17-51-33-15-32(48(21(33)3)40(50)22-9-10-22)31-14-26-20(2)46-37-27(39(26)49(31)38-24-13-29(38)45-16-24)12-23(6-5-11-44)34(36(37)43)25-7-4-8-28(41)35(25)42/h4,7-8,12,14,18,21-22,24,29,32-33,38,45H,5-6,9-10,13,15-17H2,1-3H3. The largest absolute Gasteiger partial charge is 0.370 e. The number of fused-ring (bicyclic) bond motifs is 4. The molecular weight excluding hydrogens is 718 g/mol. The fourth-order valence-corrected chi connectivity index (χ4v) is 10.2. The maximum atomic E-state index is 17.2. The number of aromatic nitrogens is 3. The Labute approximate surface area is 316 Å². The van der Waals surface area contributed by atoms with E-state index in [-0.39, 0.29) is 59.1 Å². The van der Waals surface area contributed by atoms with E-state index in [0.717, 1.165) is 53.7 Å². The lowest BCUT2D eigenvalue weighted by atomic mass is 9.79. The van der Waals surface area contributed by atoms with Crippen LogP contribution in [0.1, 0.15) is 79.3 Å². The quantitative estimate of drug-likeness (QED) is 0.161. The Balaban J connectivity index is 1.25. The first kappa shape index (κ1) is 34.2. The minimum absolute atomic E-state index is 0.0432. The average Bonchev–Trinajstić information content (AvgIpc) is 3.48. The Morgan fingerprint density at radius 1 is 1.19 bits per heavy atom. The molecule has 3 aliphatic heterocycles. The van der Waals surface area contributed by atoms with Gasteiger partial charge in [-0.1, -0.05) is 35.3 Å². The molecule has 5 fully saturated rings. The minimum Gasteiger partial charge on any atom is -0.370 e. The number of amides is 1. The second-order valence-corrected chi connectivity index (χ2v) is 16.5. The van der Waals surface area contributed by atoms with Gasteiger partial charge in [0.05, 0.1) is 58.2 Å². The van der Waals surface area contributed by atoms with Gasteiger partial charge >= 0.3 is 0 Å². The molecule has 2 aromatic carbocycles. The first-order valence-electron chi connectivity index (χ1n) is 18.2. The summed E-state index contributed by atoms with van der Waals surface area (Å²) in [6.45, 7) is 7.42. The summed E-state index contributed by atoms with van der Waals surface area (Å²) in [5.74, 6) is 0.171. The molecule has 52 heavy (non-hydrogen) atoms. The molecule has 1 amide bonds. The summed E-state index contributed by atoms with van der Waals surface area (Å²) in [7, 11) is 0. The predicted molar refractivity (Wildman–Crippen MR) is 202 cm³/mol. The first-order chi connectivity index (χ1) is 25.2. The van der Waals surface area contributed by atoms with Gasteiger partial charge in [0.15, 0.2) is 5.82 Å². The molecular formula is C40H39Cl2FN6O2S. The number of likely N-dealkylation sites (tertiary alicyclic amines) is 1. The average molecular weight is 758 g/mol. The molecule has 268 valence electrons. The normalized spacial score (nSPS) is 25.3. The highest BCUT2D eigenvalue weighted by Gasteiger charge is 2.52. The number of ether oxygens (including phenoxy) is 1. The molecule has 0 radical (unpaired) electrons. The van der Waals surface area contributed by atoms with Crippen molar-refractivity contribution < 1.29 is 13.9 Å². The molecule has 5 aliphatic rings. The summed E-state index contributed by atoms with van der Waals surface area (Å²) in [4.78, 5) is 21.2. The van der Waals surface area contributed by atoms with Gasteiger partial charge in [-0.2, -0.15) is 9.64 Å². The molecule has 3 aromatic heterocycles. The van der Waals surface area contributed by atoms with Gasteiger partial charge < -0.3 is 19.5 Å². The van der Waals surface area contributed by atoms with E-state index in [1.54, 1.807) is 18.2 Å². The molecule has 2 saturated carbocycles. The van der Waals surface area contributed by atoms with Crippen molar-refractivity contribution in [3.8, 4) is 17.2 Å². The Hall–Kier alpha value is -3.59. The van der Waals surface area contributed by atoms with Gasteiger partial charge in [-0.05, 0) is 93.2 Å². The van der Waals surface area contributed by atoms with Crippen LogP contribution in [-0.2, 0) is 22.6 Å². The van der Waals surface area contributed by atoms with Crippen molar-refractivity contribution in [2.45, 2.75) is 96.2 Å². The van der Waals surface area contributed by atoms with Crippen LogP contribution in [0, 0.1) is 42.8 Å². The van der Waals surface area contributed by atoms with E-state index < -0.39 is 5.82 Å². The number of pyridine rings is 1. The highest BCUT2D eigenvalue weighted by molar-refractivity contribution is 7.03. The van der Waals surface area contributed by atoms with Crippen LogP contribution in [-0.4, -0.2) is 49.5 Å². The molecule has 12 heteroatoms. The first-order valence-corrected chi connectivity index (χ1v) is 19.8. The molecule has 0 spiro atoms. The number of nitriles is 1. The molecule has 6 heterocycles. The van der Waals surface area contributed by atoms with Gasteiger partial charge in [-0.3, -0.25) is 4.79 Å². The number of hydrogen-bond acceptors (Lipinski definition) is 7. The molecule has 5 aromatic rings. The molecule has 2 bridgehead atoms.